The third-order valence-electron chi connectivity index (χ3n) is 4.00. The Morgan fingerprint density at radius 1 is 1.08 bits per heavy atom. The number of carbonyl (C=O) groups excluding carboxylic acids is 1. The predicted molar refractivity (Wildman–Crippen MR) is 97.7 cm³/mol. The Morgan fingerprint density at radius 3 is 2.56 bits per heavy atom. The Balaban J connectivity index is 1.78. The zero-order valence-electron chi connectivity index (χ0n) is 14.4. The van der Waals surface area contributed by atoms with E-state index in [1.54, 1.807) is 38.5 Å². The van der Waals surface area contributed by atoms with Gasteiger partial charge < -0.3 is 14.4 Å². The summed E-state index contributed by atoms with van der Waals surface area (Å²) in [4.78, 5) is 19.1. The first-order valence-electron chi connectivity index (χ1n) is 8.12. The molecule has 0 unspecified atom stereocenters. The fourth-order valence-corrected chi connectivity index (χ4v) is 2.66. The van der Waals surface area contributed by atoms with Crippen molar-refractivity contribution >= 4 is 17.6 Å². The molecule has 1 amide bonds. The van der Waals surface area contributed by atoms with Crippen LogP contribution < -0.4 is 19.7 Å². The lowest BCUT2D eigenvalue weighted by atomic mass is 10.2. The minimum atomic E-state index is -0.210. The molecule has 6 heteroatoms. The van der Waals surface area contributed by atoms with Gasteiger partial charge in [0.05, 0.1) is 14.2 Å². The van der Waals surface area contributed by atoms with Crippen molar-refractivity contribution in [3.05, 3.63) is 54.1 Å². The van der Waals surface area contributed by atoms with Crippen LogP contribution in [0.1, 0.15) is 16.8 Å². The van der Waals surface area contributed by atoms with Crippen molar-refractivity contribution in [3.63, 3.8) is 0 Å². The summed E-state index contributed by atoms with van der Waals surface area (Å²) in [6.45, 7) is 1.49. The molecule has 1 aliphatic heterocycles. The molecule has 2 aromatic carbocycles. The maximum absolute atomic E-state index is 12.6. The molecule has 2 aromatic rings. The second-order valence-corrected chi connectivity index (χ2v) is 5.59. The van der Waals surface area contributed by atoms with Crippen LogP contribution in [-0.2, 0) is 0 Å². The molecule has 1 N–H and O–H groups in total. The van der Waals surface area contributed by atoms with Crippen molar-refractivity contribution in [2.24, 2.45) is 4.99 Å². The van der Waals surface area contributed by atoms with Crippen LogP contribution in [0, 0.1) is 0 Å². The molecule has 0 aliphatic carbocycles. The summed E-state index contributed by atoms with van der Waals surface area (Å²) in [6, 6.07) is 14.7. The first-order valence-corrected chi connectivity index (χ1v) is 8.12. The van der Waals surface area contributed by atoms with E-state index in [-0.39, 0.29) is 5.91 Å². The Hall–Kier alpha value is -3.02. The highest BCUT2D eigenvalue weighted by atomic mass is 16.5. The zero-order valence-corrected chi connectivity index (χ0v) is 14.4. The van der Waals surface area contributed by atoms with E-state index in [0.717, 1.165) is 24.4 Å². The van der Waals surface area contributed by atoms with Gasteiger partial charge in [0, 0.05) is 24.3 Å². The molecule has 0 spiro atoms. The summed E-state index contributed by atoms with van der Waals surface area (Å²) in [6.07, 6.45) is 0.935. The zero-order chi connectivity index (χ0) is 17.6. The van der Waals surface area contributed by atoms with Gasteiger partial charge in [0.1, 0.15) is 11.5 Å². The van der Waals surface area contributed by atoms with Crippen LogP contribution in [-0.4, -0.2) is 39.2 Å². The van der Waals surface area contributed by atoms with Gasteiger partial charge in [-0.05, 0) is 48.9 Å². The van der Waals surface area contributed by atoms with E-state index in [0.29, 0.717) is 23.8 Å². The van der Waals surface area contributed by atoms with Gasteiger partial charge in [0.2, 0.25) is 5.96 Å². The molecule has 0 atom stereocenters. The molecular formula is C19H21N3O3. The molecule has 1 heterocycles. The van der Waals surface area contributed by atoms with Crippen LogP contribution in [0.2, 0.25) is 0 Å². The van der Waals surface area contributed by atoms with Gasteiger partial charge in [-0.25, -0.2) is 0 Å². The third-order valence-corrected chi connectivity index (χ3v) is 4.00. The Labute approximate surface area is 147 Å². The summed E-state index contributed by atoms with van der Waals surface area (Å²) < 4.78 is 10.4. The number of benzene rings is 2. The minimum Gasteiger partial charge on any atom is -0.497 e. The smallest absolute Gasteiger partial charge is 0.258 e. The first-order chi connectivity index (χ1) is 12.2. The number of anilines is 1. The van der Waals surface area contributed by atoms with E-state index in [4.69, 9.17) is 9.47 Å². The number of guanidine groups is 1. The fraction of sp³-hybridized carbons (Fsp3) is 0.263. The summed E-state index contributed by atoms with van der Waals surface area (Å²) in [7, 11) is 3.21. The summed E-state index contributed by atoms with van der Waals surface area (Å²) >= 11 is 0. The fourth-order valence-electron chi connectivity index (χ4n) is 2.66. The van der Waals surface area contributed by atoms with Crippen molar-refractivity contribution in [1.82, 2.24) is 5.32 Å². The molecule has 0 fully saturated rings. The summed E-state index contributed by atoms with van der Waals surface area (Å²) in [5.41, 5.74) is 1.49. The lowest BCUT2D eigenvalue weighted by Crippen LogP contribution is -2.47. The van der Waals surface area contributed by atoms with Crippen LogP contribution in [0.15, 0.2) is 53.5 Å². The van der Waals surface area contributed by atoms with Gasteiger partial charge in [-0.15, -0.1) is 0 Å². The Morgan fingerprint density at radius 2 is 1.84 bits per heavy atom. The standard InChI is InChI=1S/C19H21N3O3/c1-24-16-9-7-15(8-10-16)22-12-4-11-20-19(22)21-18(23)14-5-3-6-17(13-14)25-2/h3,5-10,13H,4,11-12H2,1-2H3,(H,20,21,23). The molecular weight excluding hydrogens is 318 g/mol. The molecule has 130 valence electrons. The average Bonchev–Trinajstić information content (AvgIpc) is 2.68. The van der Waals surface area contributed by atoms with Crippen molar-refractivity contribution in [2.45, 2.75) is 6.42 Å². The molecule has 0 saturated heterocycles. The molecule has 0 bridgehead atoms. The maximum atomic E-state index is 12.6. The van der Waals surface area contributed by atoms with E-state index in [2.05, 4.69) is 10.3 Å². The van der Waals surface area contributed by atoms with Crippen molar-refractivity contribution in [1.29, 1.82) is 0 Å². The lowest BCUT2D eigenvalue weighted by molar-refractivity contribution is 0.0975. The third kappa shape index (κ3) is 3.91. The second-order valence-electron chi connectivity index (χ2n) is 5.59. The number of rotatable bonds is 4. The number of hydrogen-bond donors (Lipinski definition) is 1. The number of nitrogens with zero attached hydrogens (tertiary/aromatic N) is 2. The predicted octanol–water partition coefficient (Wildman–Crippen LogP) is 2.70. The monoisotopic (exact) mass is 339 g/mol. The van der Waals surface area contributed by atoms with Crippen LogP contribution in [0.3, 0.4) is 0 Å². The largest absolute Gasteiger partial charge is 0.497 e. The lowest BCUT2D eigenvalue weighted by Gasteiger charge is -2.29. The highest BCUT2D eigenvalue weighted by Crippen LogP contribution is 2.21. The molecule has 3 rings (SSSR count). The number of methoxy groups -OCH3 is 2. The van der Waals surface area contributed by atoms with Crippen molar-refractivity contribution in [3.8, 4) is 11.5 Å². The van der Waals surface area contributed by atoms with E-state index in [1.807, 2.05) is 29.2 Å². The van der Waals surface area contributed by atoms with Gasteiger partial charge in [0.15, 0.2) is 0 Å². The molecule has 25 heavy (non-hydrogen) atoms. The van der Waals surface area contributed by atoms with Crippen LogP contribution in [0.5, 0.6) is 11.5 Å². The first kappa shape index (κ1) is 16.8. The average molecular weight is 339 g/mol. The van der Waals surface area contributed by atoms with E-state index < -0.39 is 0 Å². The van der Waals surface area contributed by atoms with Gasteiger partial charge in [0.25, 0.3) is 5.91 Å². The van der Waals surface area contributed by atoms with Crippen LogP contribution in [0.25, 0.3) is 0 Å². The van der Waals surface area contributed by atoms with E-state index >= 15 is 0 Å². The molecule has 6 nitrogen and oxygen atoms in total. The van der Waals surface area contributed by atoms with Crippen LogP contribution >= 0.6 is 0 Å². The topological polar surface area (TPSA) is 63.2 Å². The number of nitrogens with one attached hydrogen (secondary N) is 1. The van der Waals surface area contributed by atoms with Gasteiger partial charge in [-0.2, -0.15) is 0 Å². The summed E-state index contributed by atoms with van der Waals surface area (Å²) in [5.74, 6) is 1.78. The SMILES string of the molecule is COc1ccc(N2CCCN=C2NC(=O)c2cccc(OC)c2)cc1. The second kappa shape index (κ2) is 7.70. The minimum absolute atomic E-state index is 0.210. The summed E-state index contributed by atoms with van der Waals surface area (Å²) in [5, 5.41) is 2.91. The number of aliphatic imine (C=N–C) groups is 1. The molecule has 0 saturated carbocycles. The number of amides is 1. The van der Waals surface area contributed by atoms with Gasteiger partial charge in [-0.1, -0.05) is 6.07 Å². The van der Waals surface area contributed by atoms with Crippen molar-refractivity contribution < 1.29 is 14.3 Å². The van der Waals surface area contributed by atoms with Gasteiger partial charge >= 0.3 is 0 Å². The Bertz CT molecular complexity index is 772. The number of carbonyl (C=O) groups is 1. The highest BCUT2D eigenvalue weighted by Gasteiger charge is 2.20. The number of ether oxygens (including phenoxy) is 2. The quantitative estimate of drug-likeness (QED) is 0.930. The normalized spacial score (nSPS) is 13.8. The highest BCUT2D eigenvalue weighted by molar-refractivity contribution is 6.11. The van der Waals surface area contributed by atoms with E-state index in [9.17, 15) is 4.79 Å². The van der Waals surface area contributed by atoms with Crippen molar-refractivity contribution in [2.75, 3.05) is 32.2 Å². The maximum Gasteiger partial charge on any atom is 0.258 e. The van der Waals surface area contributed by atoms with Crippen LogP contribution in [0.4, 0.5) is 5.69 Å². The molecule has 0 aromatic heterocycles. The number of hydrogen-bond acceptors (Lipinski definition) is 5. The van der Waals surface area contributed by atoms with Gasteiger partial charge in [-0.3, -0.25) is 15.1 Å². The van der Waals surface area contributed by atoms with E-state index in [1.165, 1.54) is 0 Å². The Kier molecular flexibility index (Phi) is 5.18. The molecule has 0 radical (unpaired) electrons. The molecule has 1 aliphatic rings.